The lowest BCUT2D eigenvalue weighted by atomic mass is 10.1. The largest absolute Gasteiger partial charge is 0.493 e. The maximum Gasteiger partial charge on any atom is 0.237 e. The Morgan fingerprint density at radius 3 is 2.81 bits per heavy atom. The van der Waals surface area contributed by atoms with Crippen molar-refractivity contribution in [1.29, 1.82) is 0 Å². The van der Waals surface area contributed by atoms with Gasteiger partial charge in [-0.05, 0) is 49.9 Å². The average Bonchev–Trinajstić information content (AvgIpc) is 3.05. The van der Waals surface area contributed by atoms with Gasteiger partial charge in [0.25, 0.3) is 0 Å². The normalized spacial score (nSPS) is 17.5. The van der Waals surface area contributed by atoms with Gasteiger partial charge in [-0.15, -0.1) is 0 Å². The highest BCUT2D eigenvalue weighted by Crippen LogP contribution is 2.27. The van der Waals surface area contributed by atoms with E-state index in [4.69, 9.17) is 9.47 Å². The number of methoxy groups -OCH3 is 2. The van der Waals surface area contributed by atoms with Crippen LogP contribution in [0.4, 0.5) is 0 Å². The van der Waals surface area contributed by atoms with Crippen LogP contribution in [0.3, 0.4) is 0 Å². The fourth-order valence-electron chi connectivity index (χ4n) is 2.57. The first kappa shape index (κ1) is 15.6. The fourth-order valence-corrected chi connectivity index (χ4v) is 2.57. The molecule has 1 fully saturated rings. The maximum atomic E-state index is 11.8. The molecule has 0 spiro atoms. The number of aryl methyl sites for hydroxylation is 1. The summed E-state index contributed by atoms with van der Waals surface area (Å²) in [5.41, 5.74) is 1.18. The molecule has 1 atom stereocenters. The van der Waals surface area contributed by atoms with E-state index >= 15 is 0 Å². The lowest BCUT2D eigenvalue weighted by molar-refractivity contribution is -0.122. The van der Waals surface area contributed by atoms with Crippen molar-refractivity contribution in [2.45, 2.75) is 31.7 Å². The Balaban J connectivity index is 1.74. The van der Waals surface area contributed by atoms with E-state index in [9.17, 15) is 4.79 Å². The smallest absolute Gasteiger partial charge is 0.237 e. The van der Waals surface area contributed by atoms with Crippen LogP contribution >= 0.6 is 0 Å². The van der Waals surface area contributed by atoms with Crippen molar-refractivity contribution in [3.8, 4) is 11.5 Å². The topological polar surface area (TPSA) is 59.6 Å². The SMILES string of the molecule is COc1ccc(CCCNC(=O)C2CCCN2)cc1OC. The molecule has 1 unspecified atom stereocenters. The molecule has 5 nitrogen and oxygen atoms in total. The number of hydrogen-bond donors (Lipinski definition) is 2. The van der Waals surface area contributed by atoms with Crippen molar-refractivity contribution in [1.82, 2.24) is 10.6 Å². The van der Waals surface area contributed by atoms with Crippen molar-refractivity contribution in [3.63, 3.8) is 0 Å². The minimum atomic E-state index is 0.00563. The molecule has 1 heterocycles. The Morgan fingerprint density at radius 2 is 2.14 bits per heavy atom. The Bertz CT molecular complexity index is 471. The number of ether oxygens (including phenoxy) is 2. The van der Waals surface area contributed by atoms with Crippen LogP contribution in [-0.4, -0.2) is 39.3 Å². The van der Waals surface area contributed by atoms with Gasteiger partial charge in [0.05, 0.1) is 20.3 Å². The Morgan fingerprint density at radius 1 is 1.33 bits per heavy atom. The summed E-state index contributed by atoms with van der Waals surface area (Å²) in [5.74, 6) is 1.61. The van der Waals surface area contributed by atoms with Crippen LogP contribution in [0.15, 0.2) is 18.2 Å². The van der Waals surface area contributed by atoms with E-state index in [1.165, 1.54) is 5.56 Å². The standard InChI is InChI=1S/C16H24N2O3/c1-20-14-8-7-12(11-15(14)21-2)5-3-10-18-16(19)13-6-4-9-17-13/h7-8,11,13,17H,3-6,9-10H2,1-2H3,(H,18,19). The van der Waals surface area contributed by atoms with Crippen LogP contribution in [0.5, 0.6) is 11.5 Å². The third-order valence-corrected chi connectivity index (χ3v) is 3.77. The second-order valence-corrected chi connectivity index (χ2v) is 5.23. The number of amides is 1. The average molecular weight is 292 g/mol. The minimum absolute atomic E-state index is 0.00563. The highest BCUT2D eigenvalue weighted by atomic mass is 16.5. The monoisotopic (exact) mass is 292 g/mol. The van der Waals surface area contributed by atoms with E-state index in [1.54, 1.807) is 14.2 Å². The van der Waals surface area contributed by atoms with Crippen LogP contribution in [0, 0.1) is 0 Å². The highest BCUT2D eigenvalue weighted by molar-refractivity contribution is 5.81. The molecular formula is C16H24N2O3. The predicted octanol–water partition coefficient (Wildman–Crippen LogP) is 1.50. The van der Waals surface area contributed by atoms with Gasteiger partial charge in [-0.3, -0.25) is 4.79 Å². The summed E-state index contributed by atoms with van der Waals surface area (Å²) in [6.45, 7) is 1.65. The van der Waals surface area contributed by atoms with Crippen LogP contribution in [0.2, 0.25) is 0 Å². The lowest BCUT2D eigenvalue weighted by Gasteiger charge is -2.12. The van der Waals surface area contributed by atoms with Gasteiger partial charge in [0.2, 0.25) is 5.91 Å². The first-order chi connectivity index (χ1) is 10.2. The third kappa shape index (κ3) is 4.36. The second-order valence-electron chi connectivity index (χ2n) is 5.23. The summed E-state index contributed by atoms with van der Waals surface area (Å²) in [7, 11) is 3.26. The Kier molecular flexibility index (Phi) is 5.87. The molecule has 0 radical (unpaired) electrons. The third-order valence-electron chi connectivity index (χ3n) is 3.77. The first-order valence-corrected chi connectivity index (χ1v) is 7.46. The molecule has 2 rings (SSSR count). The molecule has 0 aliphatic carbocycles. The molecular weight excluding hydrogens is 268 g/mol. The van der Waals surface area contributed by atoms with Crippen molar-refractivity contribution >= 4 is 5.91 Å². The zero-order valence-electron chi connectivity index (χ0n) is 12.8. The Labute approximate surface area is 126 Å². The van der Waals surface area contributed by atoms with Crippen molar-refractivity contribution in [2.75, 3.05) is 27.3 Å². The van der Waals surface area contributed by atoms with Crippen molar-refractivity contribution < 1.29 is 14.3 Å². The van der Waals surface area contributed by atoms with Gasteiger partial charge < -0.3 is 20.1 Å². The minimum Gasteiger partial charge on any atom is -0.493 e. The Hall–Kier alpha value is -1.75. The molecule has 21 heavy (non-hydrogen) atoms. The summed E-state index contributed by atoms with van der Waals surface area (Å²) in [6, 6.07) is 5.93. The molecule has 116 valence electrons. The van der Waals surface area contributed by atoms with Crippen LogP contribution < -0.4 is 20.1 Å². The lowest BCUT2D eigenvalue weighted by Crippen LogP contribution is -2.40. The number of rotatable bonds is 7. The summed E-state index contributed by atoms with van der Waals surface area (Å²) >= 11 is 0. The molecule has 1 aromatic carbocycles. The predicted molar refractivity (Wildman–Crippen MR) is 81.9 cm³/mol. The van der Waals surface area contributed by atoms with E-state index < -0.39 is 0 Å². The summed E-state index contributed by atoms with van der Waals surface area (Å²) in [6.07, 6.45) is 3.85. The van der Waals surface area contributed by atoms with Crippen molar-refractivity contribution in [3.05, 3.63) is 23.8 Å². The van der Waals surface area contributed by atoms with E-state index in [-0.39, 0.29) is 11.9 Å². The van der Waals surface area contributed by atoms with Crippen LogP contribution in [-0.2, 0) is 11.2 Å². The molecule has 1 saturated heterocycles. The zero-order chi connectivity index (χ0) is 15.1. The van der Waals surface area contributed by atoms with Gasteiger partial charge in [0, 0.05) is 6.54 Å². The van der Waals surface area contributed by atoms with E-state index in [2.05, 4.69) is 10.6 Å². The van der Waals surface area contributed by atoms with Gasteiger partial charge in [0.1, 0.15) is 0 Å². The molecule has 0 saturated carbocycles. The van der Waals surface area contributed by atoms with Crippen LogP contribution in [0.25, 0.3) is 0 Å². The molecule has 0 aromatic heterocycles. The quantitative estimate of drug-likeness (QED) is 0.748. The van der Waals surface area contributed by atoms with Gasteiger partial charge in [0.15, 0.2) is 11.5 Å². The molecule has 5 heteroatoms. The van der Waals surface area contributed by atoms with E-state index in [0.29, 0.717) is 6.54 Å². The van der Waals surface area contributed by atoms with Gasteiger partial charge in [-0.25, -0.2) is 0 Å². The summed E-state index contributed by atoms with van der Waals surface area (Å²) in [4.78, 5) is 11.8. The molecule has 1 amide bonds. The summed E-state index contributed by atoms with van der Waals surface area (Å²) < 4.78 is 10.5. The fraction of sp³-hybridized carbons (Fsp3) is 0.562. The first-order valence-electron chi connectivity index (χ1n) is 7.46. The van der Waals surface area contributed by atoms with Gasteiger partial charge in [-0.2, -0.15) is 0 Å². The zero-order valence-corrected chi connectivity index (χ0v) is 12.8. The van der Waals surface area contributed by atoms with Crippen LogP contribution in [0.1, 0.15) is 24.8 Å². The number of hydrogen-bond acceptors (Lipinski definition) is 4. The number of carbonyl (C=O) groups is 1. The second kappa shape index (κ2) is 7.88. The molecule has 0 bridgehead atoms. The molecule has 1 aromatic rings. The maximum absolute atomic E-state index is 11.8. The van der Waals surface area contributed by atoms with E-state index in [0.717, 1.165) is 43.7 Å². The molecule has 1 aliphatic rings. The van der Waals surface area contributed by atoms with Gasteiger partial charge in [-0.1, -0.05) is 6.07 Å². The van der Waals surface area contributed by atoms with E-state index in [1.807, 2.05) is 18.2 Å². The van der Waals surface area contributed by atoms with Gasteiger partial charge >= 0.3 is 0 Å². The number of nitrogens with one attached hydrogen (secondary N) is 2. The summed E-state index contributed by atoms with van der Waals surface area (Å²) in [5, 5.41) is 6.19. The van der Waals surface area contributed by atoms with Crippen molar-refractivity contribution in [2.24, 2.45) is 0 Å². The molecule has 2 N–H and O–H groups in total. The number of carbonyl (C=O) groups excluding carboxylic acids is 1. The molecule has 1 aliphatic heterocycles. The highest BCUT2D eigenvalue weighted by Gasteiger charge is 2.21. The number of benzene rings is 1.